The highest BCUT2D eigenvalue weighted by Gasteiger charge is 2.25. The third-order valence-corrected chi connectivity index (χ3v) is 4.47. The van der Waals surface area contributed by atoms with Gasteiger partial charge in [-0.3, -0.25) is 0 Å². The summed E-state index contributed by atoms with van der Waals surface area (Å²) in [6.07, 6.45) is 6.95. The van der Waals surface area contributed by atoms with Gasteiger partial charge in [0, 0.05) is 6.04 Å². The Bertz CT molecular complexity index is 366. The quantitative estimate of drug-likeness (QED) is 0.829. The van der Waals surface area contributed by atoms with E-state index in [0.717, 1.165) is 11.8 Å². The molecule has 0 aliphatic heterocycles. The maximum atomic E-state index is 3.64. The van der Waals surface area contributed by atoms with E-state index in [1.54, 1.807) is 0 Å². The topological polar surface area (TPSA) is 12.0 Å². The molecule has 2 atom stereocenters. The summed E-state index contributed by atoms with van der Waals surface area (Å²) in [6, 6.07) is 9.74. The van der Waals surface area contributed by atoms with Crippen LogP contribution in [-0.2, 0) is 6.42 Å². The second-order valence-electron chi connectivity index (χ2n) is 6.56. The molecule has 19 heavy (non-hydrogen) atoms. The van der Waals surface area contributed by atoms with Crippen LogP contribution in [0.4, 0.5) is 0 Å². The molecule has 1 heteroatoms. The lowest BCUT2D eigenvalue weighted by atomic mass is 9.76. The van der Waals surface area contributed by atoms with Crippen LogP contribution in [0.15, 0.2) is 24.3 Å². The van der Waals surface area contributed by atoms with Crippen molar-refractivity contribution in [3.63, 3.8) is 0 Å². The van der Waals surface area contributed by atoms with Crippen molar-refractivity contribution in [2.24, 2.45) is 11.8 Å². The number of aryl methyl sites for hydroxylation is 1. The summed E-state index contributed by atoms with van der Waals surface area (Å²) in [7, 11) is 0. The predicted molar refractivity (Wildman–Crippen MR) is 83.5 cm³/mol. The van der Waals surface area contributed by atoms with E-state index in [0.29, 0.717) is 6.04 Å². The summed E-state index contributed by atoms with van der Waals surface area (Å²) < 4.78 is 0. The zero-order valence-electron chi connectivity index (χ0n) is 12.8. The van der Waals surface area contributed by atoms with Crippen molar-refractivity contribution in [1.29, 1.82) is 0 Å². The van der Waals surface area contributed by atoms with Gasteiger partial charge in [0.25, 0.3) is 0 Å². The number of hydrogen-bond donors (Lipinski definition) is 1. The van der Waals surface area contributed by atoms with E-state index in [2.05, 4.69) is 50.4 Å². The molecular formula is C18H29N. The fourth-order valence-electron chi connectivity index (χ4n) is 3.24. The van der Waals surface area contributed by atoms with E-state index in [4.69, 9.17) is 0 Å². The molecule has 1 aromatic rings. The van der Waals surface area contributed by atoms with Gasteiger partial charge in [-0.2, -0.15) is 0 Å². The second-order valence-corrected chi connectivity index (χ2v) is 6.56. The molecule has 1 aromatic carbocycles. The summed E-state index contributed by atoms with van der Waals surface area (Å²) in [4.78, 5) is 0. The van der Waals surface area contributed by atoms with Crippen molar-refractivity contribution in [2.75, 3.05) is 6.54 Å². The number of nitrogens with one attached hydrogen (secondary N) is 1. The SMILES string of the molecule is Cc1ccc(CC2CCCCC2CNC(C)C)cc1. The Kier molecular flexibility index (Phi) is 5.45. The van der Waals surface area contributed by atoms with E-state index in [-0.39, 0.29) is 0 Å². The average Bonchev–Trinajstić information content (AvgIpc) is 2.40. The Balaban J connectivity index is 1.93. The van der Waals surface area contributed by atoms with Gasteiger partial charge in [0.05, 0.1) is 0 Å². The van der Waals surface area contributed by atoms with Gasteiger partial charge in [-0.15, -0.1) is 0 Å². The monoisotopic (exact) mass is 259 g/mol. The first-order valence-corrected chi connectivity index (χ1v) is 7.94. The van der Waals surface area contributed by atoms with Gasteiger partial charge in [-0.05, 0) is 50.1 Å². The molecule has 0 aromatic heterocycles. The van der Waals surface area contributed by atoms with Crippen molar-refractivity contribution < 1.29 is 0 Å². The molecule has 1 aliphatic carbocycles. The first kappa shape index (κ1) is 14.6. The van der Waals surface area contributed by atoms with Crippen LogP contribution in [0.25, 0.3) is 0 Å². The van der Waals surface area contributed by atoms with Crippen molar-refractivity contribution >= 4 is 0 Å². The fraction of sp³-hybridized carbons (Fsp3) is 0.667. The van der Waals surface area contributed by atoms with Gasteiger partial charge < -0.3 is 5.32 Å². The van der Waals surface area contributed by atoms with Crippen molar-refractivity contribution in [1.82, 2.24) is 5.32 Å². The molecule has 1 fully saturated rings. The molecule has 1 N–H and O–H groups in total. The largest absolute Gasteiger partial charge is 0.314 e. The lowest BCUT2D eigenvalue weighted by Gasteiger charge is -2.32. The van der Waals surface area contributed by atoms with Gasteiger partial charge in [0.15, 0.2) is 0 Å². The predicted octanol–water partition coefficient (Wildman–Crippen LogP) is 4.34. The van der Waals surface area contributed by atoms with Gasteiger partial charge in [0.2, 0.25) is 0 Å². The second kappa shape index (κ2) is 7.09. The molecule has 2 unspecified atom stereocenters. The molecule has 0 spiro atoms. The van der Waals surface area contributed by atoms with E-state index in [1.165, 1.54) is 49.8 Å². The molecule has 1 aliphatic rings. The van der Waals surface area contributed by atoms with Gasteiger partial charge >= 0.3 is 0 Å². The standard InChI is InChI=1S/C18H29N/c1-14(2)19-13-18-7-5-4-6-17(18)12-16-10-8-15(3)9-11-16/h8-11,14,17-19H,4-7,12-13H2,1-3H3. The molecule has 1 nitrogen and oxygen atoms in total. The normalized spacial score (nSPS) is 23.8. The van der Waals surface area contributed by atoms with Crippen molar-refractivity contribution in [2.45, 2.75) is 58.9 Å². The van der Waals surface area contributed by atoms with Crippen LogP contribution < -0.4 is 5.32 Å². The third-order valence-electron chi connectivity index (χ3n) is 4.47. The lowest BCUT2D eigenvalue weighted by molar-refractivity contribution is 0.224. The lowest BCUT2D eigenvalue weighted by Crippen LogP contribution is -2.34. The number of hydrogen-bond acceptors (Lipinski definition) is 1. The van der Waals surface area contributed by atoms with Gasteiger partial charge in [-0.1, -0.05) is 56.5 Å². The molecular weight excluding hydrogens is 230 g/mol. The minimum atomic E-state index is 0.613. The third kappa shape index (κ3) is 4.65. The Hall–Kier alpha value is -0.820. The average molecular weight is 259 g/mol. The molecule has 1 saturated carbocycles. The van der Waals surface area contributed by atoms with Crippen LogP contribution in [0.5, 0.6) is 0 Å². The first-order valence-electron chi connectivity index (χ1n) is 7.94. The maximum absolute atomic E-state index is 3.64. The first-order chi connectivity index (χ1) is 9.15. The summed E-state index contributed by atoms with van der Waals surface area (Å²) in [5, 5.41) is 3.64. The molecule has 0 amide bonds. The van der Waals surface area contributed by atoms with Gasteiger partial charge in [-0.25, -0.2) is 0 Å². The van der Waals surface area contributed by atoms with Crippen molar-refractivity contribution in [3.05, 3.63) is 35.4 Å². The van der Waals surface area contributed by atoms with Crippen LogP contribution in [0.3, 0.4) is 0 Å². The van der Waals surface area contributed by atoms with E-state index >= 15 is 0 Å². The molecule has 0 saturated heterocycles. The van der Waals surface area contributed by atoms with Crippen LogP contribution in [0, 0.1) is 18.8 Å². The zero-order valence-corrected chi connectivity index (χ0v) is 12.8. The van der Waals surface area contributed by atoms with Crippen LogP contribution in [0.1, 0.15) is 50.7 Å². The minimum absolute atomic E-state index is 0.613. The fourth-order valence-corrected chi connectivity index (χ4v) is 3.24. The molecule has 0 radical (unpaired) electrons. The molecule has 106 valence electrons. The van der Waals surface area contributed by atoms with E-state index in [9.17, 15) is 0 Å². The summed E-state index contributed by atoms with van der Waals surface area (Å²) in [5.74, 6) is 1.75. The maximum Gasteiger partial charge on any atom is 0.00104 e. The zero-order chi connectivity index (χ0) is 13.7. The summed E-state index contributed by atoms with van der Waals surface area (Å²) in [6.45, 7) is 7.86. The summed E-state index contributed by atoms with van der Waals surface area (Å²) in [5.41, 5.74) is 2.89. The van der Waals surface area contributed by atoms with E-state index < -0.39 is 0 Å². The summed E-state index contributed by atoms with van der Waals surface area (Å²) >= 11 is 0. The Morgan fingerprint density at radius 3 is 2.32 bits per heavy atom. The number of rotatable bonds is 5. The van der Waals surface area contributed by atoms with Crippen molar-refractivity contribution in [3.8, 4) is 0 Å². The van der Waals surface area contributed by atoms with Crippen LogP contribution in [0.2, 0.25) is 0 Å². The minimum Gasteiger partial charge on any atom is -0.314 e. The Morgan fingerprint density at radius 1 is 1.05 bits per heavy atom. The molecule has 0 heterocycles. The van der Waals surface area contributed by atoms with E-state index in [1.807, 2.05) is 0 Å². The highest BCUT2D eigenvalue weighted by molar-refractivity contribution is 5.21. The highest BCUT2D eigenvalue weighted by Crippen LogP contribution is 2.32. The Morgan fingerprint density at radius 2 is 1.68 bits per heavy atom. The van der Waals surface area contributed by atoms with Gasteiger partial charge in [0.1, 0.15) is 0 Å². The smallest absolute Gasteiger partial charge is 0.00104 e. The molecule has 0 bridgehead atoms. The Labute approximate surface area is 118 Å². The van der Waals surface area contributed by atoms with Crippen LogP contribution in [-0.4, -0.2) is 12.6 Å². The van der Waals surface area contributed by atoms with Crippen LogP contribution >= 0.6 is 0 Å². The highest BCUT2D eigenvalue weighted by atomic mass is 14.9. The number of benzene rings is 1. The molecule has 2 rings (SSSR count).